The van der Waals surface area contributed by atoms with Crippen LogP contribution in [-0.4, -0.2) is 48.5 Å². The van der Waals surface area contributed by atoms with Gasteiger partial charge in [0, 0.05) is 25.6 Å². The topological polar surface area (TPSA) is 65.4 Å². The Labute approximate surface area is 113 Å². The molecular weight excluding hydrogens is 246 g/mol. The summed E-state index contributed by atoms with van der Waals surface area (Å²) in [5.41, 5.74) is 0.566. The number of nitrogens with one attached hydrogen (secondary N) is 1. The number of aromatic nitrogens is 2. The van der Waals surface area contributed by atoms with E-state index in [0.29, 0.717) is 31.1 Å². The van der Waals surface area contributed by atoms with Crippen molar-refractivity contribution in [3.05, 3.63) is 11.9 Å². The number of ether oxygens (including phenoxy) is 2. The lowest BCUT2D eigenvalue weighted by Gasteiger charge is -2.23. The molecule has 6 heteroatoms. The van der Waals surface area contributed by atoms with Crippen LogP contribution in [0.2, 0.25) is 0 Å². The van der Waals surface area contributed by atoms with Crippen LogP contribution in [0.4, 0.5) is 0 Å². The molecule has 6 nitrogen and oxygen atoms in total. The van der Waals surface area contributed by atoms with Crippen molar-refractivity contribution in [2.24, 2.45) is 0 Å². The molecule has 1 aromatic rings. The SMILES string of the molecule is CCCn1ncc(OC)c1C(=O)CC1COCCN1. The highest BCUT2D eigenvalue weighted by atomic mass is 16.5. The Morgan fingerprint density at radius 2 is 2.53 bits per heavy atom. The van der Waals surface area contributed by atoms with Crippen molar-refractivity contribution >= 4 is 5.78 Å². The largest absolute Gasteiger partial charge is 0.493 e. The summed E-state index contributed by atoms with van der Waals surface area (Å²) >= 11 is 0. The van der Waals surface area contributed by atoms with Crippen molar-refractivity contribution in [1.82, 2.24) is 15.1 Å². The summed E-state index contributed by atoms with van der Waals surface area (Å²) in [5, 5.41) is 7.49. The van der Waals surface area contributed by atoms with Gasteiger partial charge in [-0.2, -0.15) is 5.10 Å². The molecule has 0 saturated carbocycles. The molecule has 0 aliphatic carbocycles. The fraction of sp³-hybridized carbons (Fsp3) is 0.692. The molecule has 106 valence electrons. The maximum atomic E-state index is 12.4. The summed E-state index contributed by atoms with van der Waals surface area (Å²) in [6.07, 6.45) is 2.94. The predicted molar refractivity (Wildman–Crippen MR) is 70.6 cm³/mol. The highest BCUT2D eigenvalue weighted by molar-refractivity contribution is 5.97. The summed E-state index contributed by atoms with van der Waals surface area (Å²) < 4.78 is 12.3. The molecule has 1 unspecified atom stereocenters. The highest BCUT2D eigenvalue weighted by Crippen LogP contribution is 2.20. The number of carbonyl (C=O) groups is 1. The van der Waals surface area contributed by atoms with E-state index < -0.39 is 0 Å². The first-order chi connectivity index (χ1) is 9.26. The monoisotopic (exact) mass is 267 g/mol. The summed E-state index contributed by atoms with van der Waals surface area (Å²) in [6.45, 7) is 4.86. The molecule has 19 heavy (non-hydrogen) atoms. The summed E-state index contributed by atoms with van der Waals surface area (Å²) in [4.78, 5) is 12.4. The van der Waals surface area contributed by atoms with Gasteiger partial charge in [0.1, 0.15) is 5.69 Å². The van der Waals surface area contributed by atoms with Crippen LogP contribution in [-0.2, 0) is 11.3 Å². The van der Waals surface area contributed by atoms with E-state index in [1.165, 1.54) is 0 Å². The summed E-state index contributed by atoms with van der Waals surface area (Å²) in [7, 11) is 1.56. The molecule has 0 bridgehead atoms. The van der Waals surface area contributed by atoms with Gasteiger partial charge in [-0.15, -0.1) is 0 Å². The van der Waals surface area contributed by atoms with Crippen LogP contribution in [0.25, 0.3) is 0 Å². The minimum Gasteiger partial charge on any atom is -0.493 e. The van der Waals surface area contributed by atoms with Crippen molar-refractivity contribution < 1.29 is 14.3 Å². The minimum absolute atomic E-state index is 0.0470. The zero-order valence-corrected chi connectivity index (χ0v) is 11.5. The van der Waals surface area contributed by atoms with Crippen LogP contribution in [0.15, 0.2) is 6.20 Å². The van der Waals surface area contributed by atoms with E-state index in [9.17, 15) is 4.79 Å². The molecule has 1 aliphatic rings. The van der Waals surface area contributed by atoms with E-state index in [2.05, 4.69) is 17.3 Å². The van der Waals surface area contributed by atoms with Crippen molar-refractivity contribution in [3.63, 3.8) is 0 Å². The van der Waals surface area contributed by atoms with Gasteiger partial charge in [-0.3, -0.25) is 9.48 Å². The Bertz CT molecular complexity index is 425. The average Bonchev–Trinajstić information content (AvgIpc) is 2.83. The lowest BCUT2D eigenvalue weighted by Crippen LogP contribution is -2.42. The van der Waals surface area contributed by atoms with Gasteiger partial charge in [0.2, 0.25) is 0 Å². The van der Waals surface area contributed by atoms with Crippen LogP contribution in [0.3, 0.4) is 0 Å². The maximum Gasteiger partial charge on any atom is 0.186 e. The summed E-state index contributed by atoms with van der Waals surface area (Å²) in [5.74, 6) is 0.598. The molecule has 0 amide bonds. The molecule has 2 heterocycles. The molecule has 0 aromatic carbocycles. The van der Waals surface area contributed by atoms with Gasteiger partial charge in [-0.05, 0) is 6.42 Å². The molecule has 1 N–H and O–H groups in total. The van der Waals surface area contributed by atoms with Gasteiger partial charge in [0.05, 0.1) is 26.5 Å². The van der Waals surface area contributed by atoms with Crippen LogP contribution < -0.4 is 10.1 Å². The number of ketones is 1. The lowest BCUT2D eigenvalue weighted by molar-refractivity contribution is 0.0670. The normalized spacial score (nSPS) is 19.4. The number of methoxy groups -OCH3 is 1. The van der Waals surface area contributed by atoms with Gasteiger partial charge >= 0.3 is 0 Å². The average molecular weight is 267 g/mol. The standard InChI is InChI=1S/C13H21N3O3/c1-3-5-16-13(12(18-2)8-15-16)11(17)7-10-9-19-6-4-14-10/h8,10,14H,3-7,9H2,1-2H3. The molecular formula is C13H21N3O3. The number of nitrogens with zero attached hydrogens (tertiary/aromatic N) is 2. The molecule has 0 spiro atoms. The smallest absolute Gasteiger partial charge is 0.186 e. The number of carbonyl (C=O) groups excluding carboxylic acids is 1. The second kappa shape index (κ2) is 6.68. The number of hydrogen-bond donors (Lipinski definition) is 1. The summed E-state index contributed by atoms with van der Waals surface area (Å²) in [6, 6.07) is 0.0796. The fourth-order valence-corrected chi connectivity index (χ4v) is 2.25. The quantitative estimate of drug-likeness (QED) is 0.775. The highest BCUT2D eigenvalue weighted by Gasteiger charge is 2.23. The Hall–Kier alpha value is -1.40. The number of hydrogen-bond acceptors (Lipinski definition) is 5. The van der Waals surface area contributed by atoms with E-state index in [-0.39, 0.29) is 11.8 Å². The van der Waals surface area contributed by atoms with Gasteiger partial charge in [0.15, 0.2) is 11.5 Å². The third-order valence-electron chi connectivity index (χ3n) is 3.16. The molecule has 2 rings (SSSR count). The second-order valence-corrected chi connectivity index (χ2v) is 4.64. The van der Waals surface area contributed by atoms with Crippen LogP contribution in [0.5, 0.6) is 5.75 Å². The molecule has 1 fully saturated rings. The maximum absolute atomic E-state index is 12.4. The van der Waals surface area contributed by atoms with E-state index in [1.807, 2.05) is 0 Å². The first kappa shape index (κ1) is 14.0. The lowest BCUT2D eigenvalue weighted by atomic mass is 10.1. The Kier molecular flexibility index (Phi) is 4.93. The molecule has 0 radical (unpaired) electrons. The Morgan fingerprint density at radius 1 is 1.68 bits per heavy atom. The molecule has 1 aromatic heterocycles. The van der Waals surface area contributed by atoms with Crippen molar-refractivity contribution in [3.8, 4) is 5.75 Å². The zero-order chi connectivity index (χ0) is 13.7. The molecule has 1 atom stereocenters. The van der Waals surface area contributed by atoms with E-state index in [0.717, 1.165) is 19.5 Å². The van der Waals surface area contributed by atoms with Crippen molar-refractivity contribution in [2.75, 3.05) is 26.9 Å². The number of aryl methyl sites for hydroxylation is 1. The van der Waals surface area contributed by atoms with Crippen molar-refractivity contribution in [1.29, 1.82) is 0 Å². The van der Waals surface area contributed by atoms with E-state index >= 15 is 0 Å². The Morgan fingerprint density at radius 3 is 3.16 bits per heavy atom. The minimum atomic E-state index is 0.0470. The molecule has 1 aliphatic heterocycles. The van der Waals surface area contributed by atoms with Crippen molar-refractivity contribution in [2.45, 2.75) is 32.4 Å². The fourth-order valence-electron chi connectivity index (χ4n) is 2.25. The first-order valence-electron chi connectivity index (χ1n) is 6.70. The number of Topliss-reactive ketones (excluding diaryl/α,β-unsaturated/α-hetero) is 1. The third-order valence-corrected chi connectivity index (χ3v) is 3.16. The van der Waals surface area contributed by atoms with Gasteiger partial charge < -0.3 is 14.8 Å². The number of morpholine rings is 1. The predicted octanol–water partition coefficient (Wildman–Crippen LogP) is 0.863. The van der Waals surface area contributed by atoms with E-state index in [4.69, 9.17) is 9.47 Å². The first-order valence-corrected chi connectivity index (χ1v) is 6.70. The van der Waals surface area contributed by atoms with Crippen LogP contribution >= 0.6 is 0 Å². The Balaban J connectivity index is 2.09. The van der Waals surface area contributed by atoms with Crippen LogP contribution in [0, 0.1) is 0 Å². The van der Waals surface area contributed by atoms with Gasteiger partial charge in [-0.25, -0.2) is 0 Å². The van der Waals surface area contributed by atoms with Gasteiger partial charge in [0.25, 0.3) is 0 Å². The van der Waals surface area contributed by atoms with E-state index in [1.54, 1.807) is 18.0 Å². The second-order valence-electron chi connectivity index (χ2n) is 4.64. The zero-order valence-electron chi connectivity index (χ0n) is 11.5. The third kappa shape index (κ3) is 3.33. The molecule has 1 saturated heterocycles. The van der Waals surface area contributed by atoms with Gasteiger partial charge in [-0.1, -0.05) is 6.92 Å². The number of rotatable bonds is 6. The van der Waals surface area contributed by atoms with Crippen LogP contribution in [0.1, 0.15) is 30.3 Å².